The molecule has 0 unspecified atom stereocenters. The van der Waals surface area contributed by atoms with Crippen LogP contribution in [0.2, 0.25) is 0 Å². The van der Waals surface area contributed by atoms with Gasteiger partial charge in [0.15, 0.2) is 0 Å². The molecule has 136 valence electrons. The number of amides is 1. The van der Waals surface area contributed by atoms with Crippen molar-refractivity contribution in [2.45, 2.75) is 39.5 Å². The number of rotatable bonds is 11. The van der Waals surface area contributed by atoms with Crippen molar-refractivity contribution in [1.82, 2.24) is 15.6 Å². The first-order valence-electron chi connectivity index (χ1n) is 9.27. The zero-order valence-electron chi connectivity index (χ0n) is 15.3. The summed E-state index contributed by atoms with van der Waals surface area (Å²) in [6, 6.07) is 9.42. The second kappa shape index (κ2) is 10.7. The van der Waals surface area contributed by atoms with Gasteiger partial charge in [-0.1, -0.05) is 44.9 Å². The number of hydrogen-bond donors (Lipinski definition) is 2. The van der Waals surface area contributed by atoms with Gasteiger partial charge in [-0.2, -0.15) is 0 Å². The van der Waals surface area contributed by atoms with E-state index in [1.165, 1.54) is 6.42 Å². The van der Waals surface area contributed by atoms with Crippen molar-refractivity contribution < 1.29 is 9.53 Å². The predicted octanol–water partition coefficient (Wildman–Crippen LogP) is 3.53. The molecule has 0 saturated carbocycles. The third kappa shape index (κ3) is 6.02. The van der Waals surface area contributed by atoms with Gasteiger partial charge in [0.25, 0.3) is 5.91 Å². The van der Waals surface area contributed by atoms with Crippen LogP contribution in [0.3, 0.4) is 0 Å². The van der Waals surface area contributed by atoms with Crippen LogP contribution in [-0.2, 0) is 0 Å². The Kier molecular flexibility index (Phi) is 8.19. The molecule has 0 radical (unpaired) electrons. The fraction of sp³-hybridized carbons (Fsp3) is 0.500. The highest BCUT2D eigenvalue weighted by Gasteiger charge is 2.13. The molecule has 0 aliphatic carbocycles. The molecule has 0 saturated heterocycles. The van der Waals surface area contributed by atoms with Crippen LogP contribution >= 0.6 is 0 Å². The Hall–Kier alpha value is -2.14. The Morgan fingerprint density at radius 3 is 2.68 bits per heavy atom. The average Bonchev–Trinajstić information content (AvgIpc) is 2.64. The van der Waals surface area contributed by atoms with Crippen molar-refractivity contribution in [3.63, 3.8) is 0 Å². The lowest BCUT2D eigenvalue weighted by molar-refractivity contribution is 0.0955. The maximum atomic E-state index is 12.6. The zero-order valence-corrected chi connectivity index (χ0v) is 15.3. The standard InChI is InChI=1S/C20H29N3O2/c1-3-5-11-21-12-13-22-20(24)17-15-19(25-14-6-4-2)23-18-10-8-7-9-16(17)18/h7-10,15,21H,3-6,11-14H2,1-2H3,(H,22,24). The third-order valence-corrected chi connectivity index (χ3v) is 3.98. The minimum atomic E-state index is -0.0868. The predicted molar refractivity (Wildman–Crippen MR) is 102 cm³/mol. The normalized spacial score (nSPS) is 10.8. The van der Waals surface area contributed by atoms with Gasteiger partial charge in [0.1, 0.15) is 0 Å². The number of ether oxygens (including phenoxy) is 1. The lowest BCUT2D eigenvalue weighted by Gasteiger charge is -2.11. The molecular weight excluding hydrogens is 314 g/mol. The molecule has 0 aliphatic heterocycles. The number of para-hydroxylation sites is 1. The Morgan fingerprint density at radius 1 is 1.08 bits per heavy atom. The number of benzene rings is 1. The maximum Gasteiger partial charge on any atom is 0.252 e. The number of carbonyl (C=O) groups excluding carboxylic acids is 1. The highest BCUT2D eigenvalue weighted by molar-refractivity contribution is 6.06. The molecule has 1 heterocycles. The summed E-state index contributed by atoms with van der Waals surface area (Å²) in [6.07, 6.45) is 4.36. The van der Waals surface area contributed by atoms with Crippen molar-refractivity contribution in [2.24, 2.45) is 0 Å². The van der Waals surface area contributed by atoms with E-state index in [0.29, 0.717) is 24.6 Å². The third-order valence-electron chi connectivity index (χ3n) is 3.98. The summed E-state index contributed by atoms with van der Waals surface area (Å²) in [5, 5.41) is 7.15. The molecule has 2 aromatic rings. The fourth-order valence-electron chi connectivity index (χ4n) is 2.52. The molecule has 0 bridgehead atoms. The van der Waals surface area contributed by atoms with Crippen LogP contribution in [-0.4, -0.2) is 37.1 Å². The molecule has 1 aromatic carbocycles. The second-order valence-electron chi connectivity index (χ2n) is 6.09. The Balaban J connectivity index is 2.05. The van der Waals surface area contributed by atoms with E-state index in [4.69, 9.17) is 4.74 Å². The number of fused-ring (bicyclic) bond motifs is 1. The molecule has 5 nitrogen and oxygen atoms in total. The number of pyridine rings is 1. The summed E-state index contributed by atoms with van der Waals surface area (Å²) in [7, 11) is 0. The molecule has 2 rings (SSSR count). The minimum Gasteiger partial charge on any atom is -0.478 e. The molecule has 2 N–H and O–H groups in total. The Morgan fingerprint density at radius 2 is 1.88 bits per heavy atom. The van der Waals surface area contributed by atoms with Gasteiger partial charge in [-0.05, 0) is 25.5 Å². The summed E-state index contributed by atoms with van der Waals surface area (Å²) in [4.78, 5) is 17.1. The van der Waals surface area contributed by atoms with Crippen molar-refractivity contribution in [2.75, 3.05) is 26.2 Å². The smallest absolute Gasteiger partial charge is 0.252 e. The molecule has 5 heteroatoms. The second-order valence-corrected chi connectivity index (χ2v) is 6.09. The lowest BCUT2D eigenvalue weighted by Crippen LogP contribution is -2.32. The van der Waals surface area contributed by atoms with Gasteiger partial charge in [0.2, 0.25) is 5.88 Å². The van der Waals surface area contributed by atoms with Crippen molar-refractivity contribution in [1.29, 1.82) is 0 Å². The summed E-state index contributed by atoms with van der Waals surface area (Å²) >= 11 is 0. The summed E-state index contributed by atoms with van der Waals surface area (Å²) in [6.45, 7) is 7.26. The van der Waals surface area contributed by atoms with Crippen LogP contribution in [0, 0.1) is 0 Å². The molecule has 0 spiro atoms. The number of hydrogen-bond acceptors (Lipinski definition) is 4. The van der Waals surface area contributed by atoms with E-state index in [9.17, 15) is 4.79 Å². The molecule has 1 aromatic heterocycles. The van der Waals surface area contributed by atoms with E-state index < -0.39 is 0 Å². The molecular formula is C20H29N3O2. The molecule has 0 aliphatic rings. The minimum absolute atomic E-state index is 0.0868. The monoisotopic (exact) mass is 343 g/mol. The first-order chi connectivity index (χ1) is 12.3. The summed E-state index contributed by atoms with van der Waals surface area (Å²) < 4.78 is 5.71. The number of carbonyl (C=O) groups is 1. The van der Waals surface area contributed by atoms with Crippen LogP contribution in [0.15, 0.2) is 30.3 Å². The maximum absolute atomic E-state index is 12.6. The van der Waals surface area contributed by atoms with Gasteiger partial charge in [0.05, 0.1) is 17.7 Å². The largest absolute Gasteiger partial charge is 0.478 e. The van der Waals surface area contributed by atoms with Gasteiger partial charge in [0, 0.05) is 24.5 Å². The van der Waals surface area contributed by atoms with Crippen molar-refractivity contribution in [3.8, 4) is 5.88 Å². The number of aromatic nitrogens is 1. The van der Waals surface area contributed by atoms with Crippen LogP contribution in [0.5, 0.6) is 5.88 Å². The van der Waals surface area contributed by atoms with Crippen LogP contribution in [0.25, 0.3) is 10.9 Å². The quantitative estimate of drug-likeness (QED) is 0.613. The number of nitrogens with zero attached hydrogens (tertiary/aromatic N) is 1. The van der Waals surface area contributed by atoms with Crippen molar-refractivity contribution >= 4 is 16.8 Å². The summed E-state index contributed by atoms with van der Waals surface area (Å²) in [5.74, 6) is 0.426. The topological polar surface area (TPSA) is 63.2 Å². The highest BCUT2D eigenvalue weighted by Crippen LogP contribution is 2.22. The van der Waals surface area contributed by atoms with E-state index in [1.807, 2.05) is 24.3 Å². The van der Waals surface area contributed by atoms with Crippen LogP contribution < -0.4 is 15.4 Å². The van der Waals surface area contributed by atoms with Gasteiger partial charge in [-0.15, -0.1) is 0 Å². The van der Waals surface area contributed by atoms with Crippen LogP contribution in [0.1, 0.15) is 49.9 Å². The van der Waals surface area contributed by atoms with E-state index in [1.54, 1.807) is 6.07 Å². The summed E-state index contributed by atoms with van der Waals surface area (Å²) in [5.41, 5.74) is 1.40. The Labute approximate surface area is 150 Å². The van der Waals surface area contributed by atoms with E-state index in [2.05, 4.69) is 29.5 Å². The molecule has 0 fully saturated rings. The first kappa shape index (κ1) is 19.2. The van der Waals surface area contributed by atoms with Crippen molar-refractivity contribution in [3.05, 3.63) is 35.9 Å². The molecule has 25 heavy (non-hydrogen) atoms. The Bertz CT molecular complexity index is 673. The average molecular weight is 343 g/mol. The molecule has 0 atom stereocenters. The van der Waals surface area contributed by atoms with Gasteiger partial charge < -0.3 is 15.4 Å². The van der Waals surface area contributed by atoms with Crippen LogP contribution in [0.4, 0.5) is 0 Å². The first-order valence-corrected chi connectivity index (χ1v) is 9.27. The SMILES string of the molecule is CCCCNCCNC(=O)c1cc(OCCCC)nc2ccccc12. The fourth-order valence-corrected chi connectivity index (χ4v) is 2.52. The lowest BCUT2D eigenvalue weighted by atomic mass is 10.1. The number of unbranched alkanes of at least 4 members (excludes halogenated alkanes) is 2. The van der Waals surface area contributed by atoms with Gasteiger partial charge >= 0.3 is 0 Å². The molecule has 1 amide bonds. The number of nitrogens with one attached hydrogen (secondary N) is 2. The van der Waals surface area contributed by atoms with Gasteiger partial charge in [-0.3, -0.25) is 4.79 Å². The van der Waals surface area contributed by atoms with E-state index in [-0.39, 0.29) is 5.91 Å². The van der Waals surface area contributed by atoms with E-state index >= 15 is 0 Å². The zero-order chi connectivity index (χ0) is 17.9. The van der Waals surface area contributed by atoms with E-state index in [0.717, 1.165) is 43.3 Å². The van der Waals surface area contributed by atoms with Gasteiger partial charge in [-0.25, -0.2) is 4.98 Å². The highest BCUT2D eigenvalue weighted by atomic mass is 16.5.